The highest BCUT2D eigenvalue weighted by Gasteiger charge is 2.30. The van der Waals surface area contributed by atoms with Gasteiger partial charge in [-0.2, -0.15) is 4.31 Å². The summed E-state index contributed by atoms with van der Waals surface area (Å²) >= 11 is 0. The molecule has 0 bridgehead atoms. The van der Waals surface area contributed by atoms with Gasteiger partial charge in [0.25, 0.3) is 0 Å². The first-order valence-electron chi connectivity index (χ1n) is 8.25. The Balaban J connectivity index is 2.06. The second-order valence-corrected chi connectivity index (χ2v) is 7.91. The van der Waals surface area contributed by atoms with Crippen LogP contribution in [0.3, 0.4) is 0 Å². The Morgan fingerprint density at radius 1 is 1.12 bits per heavy atom. The summed E-state index contributed by atoms with van der Waals surface area (Å²) in [5.74, 6) is -0.0779. The van der Waals surface area contributed by atoms with Gasteiger partial charge in [0.1, 0.15) is 0 Å². The molecule has 1 aromatic carbocycles. The smallest absolute Gasteiger partial charge is 0.243 e. The monoisotopic (exact) mass is 352 g/mol. The van der Waals surface area contributed by atoms with Crippen molar-refractivity contribution in [1.29, 1.82) is 0 Å². The van der Waals surface area contributed by atoms with Gasteiger partial charge in [0.2, 0.25) is 15.9 Å². The minimum absolute atomic E-state index is 0.0903. The van der Waals surface area contributed by atoms with Crippen LogP contribution in [0.4, 0.5) is 0 Å². The van der Waals surface area contributed by atoms with Crippen LogP contribution in [0, 0.1) is 0 Å². The van der Waals surface area contributed by atoms with E-state index in [4.69, 9.17) is 0 Å². The van der Waals surface area contributed by atoms with E-state index in [-0.39, 0.29) is 29.7 Å². The fourth-order valence-corrected chi connectivity index (χ4v) is 4.16. The van der Waals surface area contributed by atoms with Gasteiger partial charge in [0, 0.05) is 38.2 Å². The molecule has 0 saturated carbocycles. The Kier molecular flexibility index (Phi) is 6.12. The second kappa shape index (κ2) is 7.90. The van der Waals surface area contributed by atoms with Crippen LogP contribution < -0.4 is 0 Å². The number of amides is 1. The van der Waals surface area contributed by atoms with Gasteiger partial charge in [-0.1, -0.05) is 25.5 Å². The largest absolute Gasteiger partial charge is 0.340 e. The Morgan fingerprint density at radius 2 is 1.79 bits per heavy atom. The fourth-order valence-electron chi connectivity index (χ4n) is 2.69. The highest BCUT2D eigenvalue weighted by molar-refractivity contribution is 7.89. The lowest BCUT2D eigenvalue weighted by Crippen LogP contribution is -2.50. The first-order valence-corrected chi connectivity index (χ1v) is 9.69. The molecule has 0 N–H and O–H groups in total. The lowest BCUT2D eigenvalue weighted by Gasteiger charge is -2.34. The third-order valence-electron chi connectivity index (χ3n) is 4.21. The highest BCUT2D eigenvalue weighted by atomic mass is 32.2. The molecular formula is C17H24N2O4S. The number of carbonyl (C=O) groups is 2. The quantitative estimate of drug-likeness (QED) is 0.733. The van der Waals surface area contributed by atoms with Crippen molar-refractivity contribution in [1.82, 2.24) is 9.21 Å². The molecule has 1 heterocycles. The number of hydrogen-bond donors (Lipinski definition) is 0. The minimum atomic E-state index is -3.64. The number of rotatable bonds is 6. The predicted molar refractivity (Wildman–Crippen MR) is 91.3 cm³/mol. The molecule has 1 fully saturated rings. The predicted octanol–water partition coefficient (Wildman–Crippen LogP) is 1.91. The van der Waals surface area contributed by atoms with E-state index >= 15 is 0 Å². The molecule has 132 valence electrons. The molecule has 0 spiro atoms. The van der Waals surface area contributed by atoms with Gasteiger partial charge in [0.15, 0.2) is 5.78 Å². The lowest BCUT2D eigenvalue weighted by atomic mass is 10.2. The Hall–Kier alpha value is -1.73. The first kappa shape index (κ1) is 18.6. The molecule has 1 aliphatic heterocycles. The van der Waals surface area contributed by atoms with Crippen molar-refractivity contribution in [3.05, 3.63) is 29.8 Å². The van der Waals surface area contributed by atoms with Gasteiger partial charge < -0.3 is 4.90 Å². The average molecular weight is 352 g/mol. The van der Waals surface area contributed by atoms with Crippen molar-refractivity contribution in [2.75, 3.05) is 26.2 Å². The number of unbranched alkanes of at least 4 members (excludes halogenated alkanes) is 1. The van der Waals surface area contributed by atoms with Gasteiger partial charge in [-0.3, -0.25) is 9.59 Å². The van der Waals surface area contributed by atoms with E-state index in [2.05, 4.69) is 0 Å². The third-order valence-corrected chi connectivity index (χ3v) is 6.11. The molecule has 7 heteroatoms. The maximum absolute atomic E-state index is 12.7. The van der Waals surface area contributed by atoms with Crippen LogP contribution in [0.1, 0.15) is 43.5 Å². The summed E-state index contributed by atoms with van der Waals surface area (Å²) in [6.07, 6.45) is 2.34. The lowest BCUT2D eigenvalue weighted by molar-refractivity contribution is -0.132. The zero-order valence-electron chi connectivity index (χ0n) is 14.2. The van der Waals surface area contributed by atoms with Crippen LogP contribution in [-0.4, -0.2) is 55.5 Å². The molecule has 0 radical (unpaired) electrons. The van der Waals surface area contributed by atoms with Gasteiger partial charge in [0.05, 0.1) is 4.90 Å². The third kappa shape index (κ3) is 4.21. The number of sulfonamides is 1. The molecule has 1 saturated heterocycles. The molecule has 0 aromatic heterocycles. The van der Waals surface area contributed by atoms with Crippen molar-refractivity contribution in [2.24, 2.45) is 0 Å². The van der Waals surface area contributed by atoms with E-state index in [9.17, 15) is 18.0 Å². The van der Waals surface area contributed by atoms with Crippen LogP contribution in [0.5, 0.6) is 0 Å². The zero-order valence-corrected chi connectivity index (χ0v) is 15.0. The van der Waals surface area contributed by atoms with Gasteiger partial charge >= 0.3 is 0 Å². The molecule has 1 aliphatic rings. The number of ketones is 1. The van der Waals surface area contributed by atoms with Gasteiger partial charge in [-0.05, 0) is 25.5 Å². The summed E-state index contributed by atoms with van der Waals surface area (Å²) in [5.41, 5.74) is 0.379. The van der Waals surface area contributed by atoms with Crippen molar-refractivity contribution in [2.45, 2.75) is 38.0 Å². The standard InChI is InChI=1S/C17H24N2O4S/c1-3-4-8-17(21)18-9-11-19(12-10-18)24(22,23)16-7-5-6-15(13-16)14(2)20/h5-7,13H,3-4,8-12H2,1-2H3. The van der Waals surface area contributed by atoms with Gasteiger partial charge in [-0.15, -0.1) is 0 Å². The van der Waals surface area contributed by atoms with E-state index in [0.29, 0.717) is 25.1 Å². The SMILES string of the molecule is CCCCC(=O)N1CCN(S(=O)(=O)c2cccc(C(C)=O)c2)CC1. The van der Waals surface area contributed by atoms with Crippen LogP contribution >= 0.6 is 0 Å². The molecule has 6 nitrogen and oxygen atoms in total. The fraction of sp³-hybridized carbons (Fsp3) is 0.529. The first-order chi connectivity index (χ1) is 11.4. The van der Waals surface area contributed by atoms with E-state index in [0.717, 1.165) is 12.8 Å². The maximum atomic E-state index is 12.7. The summed E-state index contributed by atoms with van der Waals surface area (Å²) < 4.78 is 26.8. The molecule has 1 amide bonds. The second-order valence-electron chi connectivity index (χ2n) is 5.97. The molecule has 0 aliphatic carbocycles. The van der Waals surface area contributed by atoms with E-state index < -0.39 is 10.0 Å². The number of carbonyl (C=O) groups excluding carboxylic acids is 2. The zero-order chi connectivity index (χ0) is 17.7. The average Bonchev–Trinajstić information content (AvgIpc) is 2.59. The summed E-state index contributed by atoms with van der Waals surface area (Å²) in [4.78, 5) is 25.3. The topological polar surface area (TPSA) is 74.8 Å². The summed E-state index contributed by atoms with van der Waals surface area (Å²) in [6, 6.07) is 6.09. The van der Waals surface area contributed by atoms with Crippen molar-refractivity contribution >= 4 is 21.7 Å². The maximum Gasteiger partial charge on any atom is 0.243 e. The van der Waals surface area contributed by atoms with Crippen LogP contribution in [-0.2, 0) is 14.8 Å². The number of hydrogen-bond acceptors (Lipinski definition) is 4. The number of nitrogens with zero attached hydrogens (tertiary/aromatic N) is 2. The van der Waals surface area contributed by atoms with E-state index in [1.807, 2.05) is 6.92 Å². The Bertz CT molecular complexity index is 707. The molecule has 0 atom stereocenters. The molecule has 24 heavy (non-hydrogen) atoms. The van der Waals surface area contributed by atoms with Crippen LogP contribution in [0.25, 0.3) is 0 Å². The van der Waals surface area contributed by atoms with Crippen LogP contribution in [0.2, 0.25) is 0 Å². The molecule has 1 aromatic rings. The number of benzene rings is 1. The number of piperazine rings is 1. The van der Waals surface area contributed by atoms with Gasteiger partial charge in [-0.25, -0.2) is 8.42 Å². The summed E-state index contributed by atoms with van der Waals surface area (Å²) in [7, 11) is -3.64. The molecule has 2 rings (SSSR count). The summed E-state index contributed by atoms with van der Waals surface area (Å²) in [5, 5.41) is 0. The minimum Gasteiger partial charge on any atom is -0.340 e. The Morgan fingerprint density at radius 3 is 2.38 bits per heavy atom. The van der Waals surface area contributed by atoms with Crippen LogP contribution in [0.15, 0.2) is 29.2 Å². The molecule has 0 unspecified atom stereocenters. The van der Waals surface area contributed by atoms with Crippen molar-refractivity contribution < 1.29 is 18.0 Å². The number of Topliss-reactive ketones (excluding diaryl/α,β-unsaturated/α-hetero) is 1. The highest BCUT2D eigenvalue weighted by Crippen LogP contribution is 2.19. The normalized spacial score (nSPS) is 16.2. The van der Waals surface area contributed by atoms with Crippen molar-refractivity contribution in [3.8, 4) is 0 Å². The van der Waals surface area contributed by atoms with E-state index in [1.165, 1.54) is 23.4 Å². The molecular weight excluding hydrogens is 328 g/mol. The van der Waals surface area contributed by atoms with Crippen molar-refractivity contribution in [3.63, 3.8) is 0 Å². The Labute approximate surface area is 143 Å². The van der Waals surface area contributed by atoms with E-state index in [1.54, 1.807) is 17.0 Å². The summed E-state index contributed by atoms with van der Waals surface area (Å²) in [6.45, 7) is 4.83.